The van der Waals surface area contributed by atoms with Gasteiger partial charge in [-0.15, -0.1) is 11.3 Å². The van der Waals surface area contributed by atoms with Crippen LogP contribution in [0.15, 0.2) is 18.2 Å². The molecule has 4 rings (SSSR count). The van der Waals surface area contributed by atoms with Crippen LogP contribution in [0.25, 0.3) is 10.4 Å². The van der Waals surface area contributed by atoms with Gasteiger partial charge in [-0.1, -0.05) is 19.9 Å². The lowest BCUT2D eigenvalue weighted by Crippen LogP contribution is -2.35. The summed E-state index contributed by atoms with van der Waals surface area (Å²) in [6, 6.07) is 5.95. The Morgan fingerprint density at radius 1 is 1.29 bits per heavy atom. The van der Waals surface area contributed by atoms with Gasteiger partial charge in [-0.3, -0.25) is 10.6 Å². The number of carboxylic acids is 1. The topological polar surface area (TPSA) is 86.9 Å². The van der Waals surface area contributed by atoms with E-state index in [4.69, 9.17) is 5.84 Å². The number of fused-ring (bicyclic) bond motifs is 1. The Morgan fingerprint density at radius 2 is 2.06 bits per heavy atom. The van der Waals surface area contributed by atoms with Crippen molar-refractivity contribution in [1.29, 1.82) is 0 Å². The number of aromatic carboxylic acids is 1. The molecule has 6 nitrogen and oxygen atoms in total. The molecular weight excluding hydrogens is 410 g/mol. The molecule has 1 amide bonds. The predicted molar refractivity (Wildman–Crippen MR) is 124 cm³/mol. The van der Waals surface area contributed by atoms with Gasteiger partial charge < -0.3 is 10.0 Å². The summed E-state index contributed by atoms with van der Waals surface area (Å²) in [6.07, 6.45) is 5.21. The summed E-state index contributed by atoms with van der Waals surface area (Å²) >= 11 is 1.60. The second-order valence-corrected chi connectivity index (χ2v) is 10.7. The van der Waals surface area contributed by atoms with E-state index in [-0.39, 0.29) is 11.3 Å². The molecule has 3 N–H and O–H groups in total. The molecule has 0 saturated carbocycles. The maximum absolute atomic E-state index is 12.5. The van der Waals surface area contributed by atoms with Crippen LogP contribution in [0.5, 0.6) is 0 Å². The zero-order valence-corrected chi connectivity index (χ0v) is 19.3. The number of carbonyl (C=O) groups excluding carboxylic acids is 1. The van der Waals surface area contributed by atoms with Gasteiger partial charge in [0.15, 0.2) is 0 Å². The number of carbonyl (C=O) groups is 2. The third-order valence-corrected chi connectivity index (χ3v) is 7.71. The van der Waals surface area contributed by atoms with Gasteiger partial charge in [0, 0.05) is 42.0 Å². The van der Waals surface area contributed by atoms with Gasteiger partial charge in [0.2, 0.25) is 5.91 Å². The number of aryl methyl sites for hydroxylation is 1. The minimum absolute atomic E-state index is 0.0952. The lowest BCUT2D eigenvalue weighted by molar-refractivity contribution is -0.119. The van der Waals surface area contributed by atoms with Crippen molar-refractivity contribution in [3.05, 3.63) is 39.8 Å². The number of benzene rings is 1. The monoisotopic (exact) mass is 441 g/mol. The van der Waals surface area contributed by atoms with E-state index in [2.05, 4.69) is 13.8 Å². The average Bonchev–Trinajstić information content (AvgIpc) is 3.06. The number of carboxylic acid groups (broad SMARTS) is 1. The predicted octanol–water partition coefficient (Wildman–Crippen LogP) is 4.45. The van der Waals surface area contributed by atoms with E-state index >= 15 is 0 Å². The van der Waals surface area contributed by atoms with E-state index in [0.29, 0.717) is 25.1 Å². The number of thiophene rings is 1. The van der Waals surface area contributed by atoms with Crippen molar-refractivity contribution in [2.24, 2.45) is 11.3 Å². The lowest BCUT2D eigenvalue weighted by atomic mass is 9.76. The molecular formula is C24H31N3O3S. The molecule has 1 aliphatic carbocycles. The second-order valence-electron chi connectivity index (χ2n) is 9.61. The molecule has 2 aliphatic rings. The first-order valence-corrected chi connectivity index (χ1v) is 11.8. The van der Waals surface area contributed by atoms with E-state index in [1.807, 2.05) is 23.1 Å². The van der Waals surface area contributed by atoms with Crippen LogP contribution in [-0.2, 0) is 24.2 Å². The lowest BCUT2D eigenvalue weighted by Gasteiger charge is -2.29. The maximum Gasteiger partial charge on any atom is 0.337 e. The highest BCUT2D eigenvalue weighted by atomic mass is 32.1. The number of anilines is 1. The van der Waals surface area contributed by atoms with Gasteiger partial charge >= 0.3 is 5.97 Å². The molecule has 0 radical (unpaired) electrons. The average molecular weight is 442 g/mol. The zero-order valence-electron chi connectivity index (χ0n) is 18.5. The molecule has 0 atom stereocenters. The Hall–Kier alpha value is -2.22. The Labute approximate surface area is 187 Å². The summed E-state index contributed by atoms with van der Waals surface area (Å²) in [6.45, 7) is 5.61. The van der Waals surface area contributed by atoms with E-state index in [9.17, 15) is 14.7 Å². The number of hydrazine groups is 1. The van der Waals surface area contributed by atoms with Crippen molar-refractivity contribution >= 4 is 28.9 Å². The van der Waals surface area contributed by atoms with Crippen molar-refractivity contribution in [3.63, 3.8) is 0 Å². The van der Waals surface area contributed by atoms with E-state index in [0.717, 1.165) is 59.4 Å². The highest BCUT2D eigenvalue weighted by molar-refractivity contribution is 7.16. The quantitative estimate of drug-likeness (QED) is 0.529. The van der Waals surface area contributed by atoms with Gasteiger partial charge in [-0.2, -0.15) is 0 Å². The third kappa shape index (κ3) is 4.40. The number of hydrogen-bond donors (Lipinski definition) is 2. The smallest absolute Gasteiger partial charge is 0.337 e. The van der Waals surface area contributed by atoms with E-state index in [1.54, 1.807) is 23.4 Å². The molecule has 166 valence electrons. The van der Waals surface area contributed by atoms with Gasteiger partial charge in [0.25, 0.3) is 0 Å². The van der Waals surface area contributed by atoms with Crippen LogP contribution in [0.1, 0.15) is 65.9 Å². The molecule has 2 heterocycles. The summed E-state index contributed by atoms with van der Waals surface area (Å²) in [5.74, 6) is 5.21. The van der Waals surface area contributed by atoms with Crippen molar-refractivity contribution in [2.45, 2.75) is 58.9 Å². The first-order chi connectivity index (χ1) is 14.7. The molecule has 31 heavy (non-hydrogen) atoms. The van der Waals surface area contributed by atoms with Crippen molar-refractivity contribution in [3.8, 4) is 10.4 Å². The Balaban J connectivity index is 1.88. The first-order valence-electron chi connectivity index (χ1n) is 10.9. The largest absolute Gasteiger partial charge is 0.478 e. The molecule has 1 aliphatic heterocycles. The number of nitrogens with two attached hydrogens (primary N) is 1. The number of hydrogen-bond acceptors (Lipinski definition) is 5. The number of piperidine rings is 1. The van der Waals surface area contributed by atoms with Crippen molar-refractivity contribution in [1.82, 2.24) is 5.01 Å². The van der Waals surface area contributed by atoms with E-state index < -0.39 is 5.97 Å². The van der Waals surface area contributed by atoms with Crippen LogP contribution in [-0.4, -0.2) is 35.6 Å². The standard InChI is InChI=1S/C24H31N3O3S/c1-24(2)10-9-19-18(13-24)21(23(29)30)22(31-19)17-12-16(8-7-15(17)14-26(3)25)27-11-5-4-6-20(27)28/h7-8,12H,4-6,9-11,13-14,25H2,1-3H3,(H,29,30). The molecule has 0 unspecified atom stereocenters. The normalized spacial score (nSPS) is 18.4. The third-order valence-electron chi connectivity index (χ3n) is 6.38. The Bertz CT molecular complexity index is 1030. The van der Waals surface area contributed by atoms with Crippen LogP contribution in [0.3, 0.4) is 0 Å². The van der Waals surface area contributed by atoms with Crippen LogP contribution >= 0.6 is 11.3 Å². The first kappa shape index (κ1) is 22.0. The molecule has 2 aromatic rings. The highest BCUT2D eigenvalue weighted by Crippen LogP contribution is 2.46. The molecule has 1 aromatic heterocycles. The Kier molecular flexibility index (Phi) is 5.94. The molecule has 0 spiro atoms. The zero-order chi connectivity index (χ0) is 22.3. The van der Waals surface area contributed by atoms with Crippen LogP contribution in [0.4, 0.5) is 5.69 Å². The minimum atomic E-state index is -0.878. The van der Waals surface area contributed by atoms with Crippen molar-refractivity contribution < 1.29 is 14.7 Å². The summed E-state index contributed by atoms with van der Waals surface area (Å²) < 4.78 is 0. The summed E-state index contributed by atoms with van der Waals surface area (Å²) in [5, 5.41) is 11.8. The summed E-state index contributed by atoms with van der Waals surface area (Å²) in [4.78, 5) is 28.7. The molecule has 1 aromatic carbocycles. The molecule has 1 fully saturated rings. The Morgan fingerprint density at radius 3 is 2.74 bits per heavy atom. The second kappa shape index (κ2) is 8.37. The van der Waals surface area contributed by atoms with E-state index in [1.165, 1.54) is 4.88 Å². The summed E-state index contributed by atoms with van der Waals surface area (Å²) in [7, 11) is 1.80. The molecule has 1 saturated heterocycles. The van der Waals surface area contributed by atoms with Crippen LogP contribution in [0, 0.1) is 5.41 Å². The highest BCUT2D eigenvalue weighted by Gasteiger charge is 2.33. The van der Waals surface area contributed by atoms with Crippen LogP contribution < -0.4 is 10.7 Å². The fourth-order valence-electron chi connectivity index (χ4n) is 4.77. The fraction of sp³-hybridized carbons (Fsp3) is 0.500. The minimum Gasteiger partial charge on any atom is -0.478 e. The van der Waals surface area contributed by atoms with Crippen molar-refractivity contribution in [2.75, 3.05) is 18.5 Å². The molecule has 0 bridgehead atoms. The fourth-order valence-corrected chi connectivity index (χ4v) is 6.13. The SMILES string of the molecule is CN(N)Cc1ccc(N2CCCCC2=O)cc1-c1sc2c(c1C(=O)O)CC(C)(C)CC2. The van der Waals surface area contributed by atoms with Gasteiger partial charge in [0.05, 0.1) is 5.56 Å². The number of nitrogens with zero attached hydrogens (tertiary/aromatic N) is 2. The van der Waals surface area contributed by atoms with Gasteiger partial charge in [-0.05, 0) is 66.3 Å². The number of rotatable bonds is 5. The van der Waals surface area contributed by atoms with Gasteiger partial charge in [0.1, 0.15) is 0 Å². The van der Waals surface area contributed by atoms with Crippen LogP contribution in [0.2, 0.25) is 0 Å². The summed E-state index contributed by atoms with van der Waals surface area (Å²) in [5.41, 5.74) is 4.19. The molecule has 7 heteroatoms. The maximum atomic E-state index is 12.5. The number of amides is 1. The van der Waals surface area contributed by atoms with Gasteiger partial charge in [-0.25, -0.2) is 9.80 Å².